The van der Waals surface area contributed by atoms with Crippen LogP contribution in [0.25, 0.3) is 6.08 Å². The molecule has 0 aliphatic heterocycles. The molecule has 0 atom stereocenters. The molecule has 3 rings (SSSR count). The van der Waals surface area contributed by atoms with Gasteiger partial charge in [0.05, 0.1) is 0 Å². The number of carbonyl (C=O) groups is 1. The van der Waals surface area contributed by atoms with E-state index in [2.05, 4.69) is 0 Å². The highest BCUT2D eigenvalue weighted by Gasteiger charge is 2.17. The van der Waals surface area contributed by atoms with Gasteiger partial charge in [-0.05, 0) is 60.2 Å². The summed E-state index contributed by atoms with van der Waals surface area (Å²) in [5, 5.41) is 28.2. The number of rotatable bonds is 6. The first kappa shape index (κ1) is 20.0. The Labute approximate surface area is 166 Å². The van der Waals surface area contributed by atoms with Crippen LogP contribution < -0.4 is 4.18 Å². The lowest BCUT2D eigenvalue weighted by Crippen LogP contribution is -2.09. The van der Waals surface area contributed by atoms with Crippen LogP contribution in [0.4, 0.5) is 0 Å². The van der Waals surface area contributed by atoms with Crippen molar-refractivity contribution in [3.63, 3.8) is 0 Å². The number of phenols is 3. The largest absolute Gasteiger partial charge is 0.508 e. The second kappa shape index (κ2) is 8.07. The Hall–Kier alpha value is -3.78. The molecule has 0 radical (unpaired) electrons. The van der Waals surface area contributed by atoms with Crippen molar-refractivity contribution in [1.82, 2.24) is 0 Å². The summed E-state index contributed by atoms with van der Waals surface area (Å²) in [7, 11) is -4.13. The minimum absolute atomic E-state index is 0.0114. The predicted octanol–water partition coefficient (Wildman–Crippen LogP) is 3.47. The number of benzene rings is 3. The van der Waals surface area contributed by atoms with Gasteiger partial charge in [-0.3, -0.25) is 4.79 Å². The summed E-state index contributed by atoms with van der Waals surface area (Å²) in [4.78, 5) is 12.0. The van der Waals surface area contributed by atoms with Crippen LogP contribution in [0.15, 0.2) is 77.7 Å². The minimum atomic E-state index is -4.13. The van der Waals surface area contributed by atoms with E-state index in [9.17, 15) is 28.5 Å². The molecule has 0 aliphatic rings. The third-order valence-electron chi connectivity index (χ3n) is 3.88. The number of phenolic OH excluding ortho intramolecular Hbond substituents is 3. The second-order valence-electron chi connectivity index (χ2n) is 6.00. The first-order chi connectivity index (χ1) is 13.7. The average molecular weight is 412 g/mol. The van der Waals surface area contributed by atoms with E-state index in [0.717, 1.165) is 6.07 Å². The maximum absolute atomic E-state index is 12.2. The Morgan fingerprint density at radius 2 is 1.59 bits per heavy atom. The Morgan fingerprint density at radius 3 is 2.24 bits per heavy atom. The van der Waals surface area contributed by atoms with Crippen molar-refractivity contribution in [3.05, 3.63) is 83.9 Å². The smallest absolute Gasteiger partial charge is 0.339 e. The maximum atomic E-state index is 12.2. The van der Waals surface area contributed by atoms with Crippen LogP contribution in [0.1, 0.15) is 15.9 Å². The van der Waals surface area contributed by atoms with Crippen LogP contribution in [0, 0.1) is 0 Å². The van der Waals surface area contributed by atoms with Crippen molar-refractivity contribution in [2.24, 2.45) is 0 Å². The fraction of sp³-hybridized carbons (Fsp3) is 0. The number of allylic oxidation sites excluding steroid dienone is 1. The molecule has 0 aliphatic carbocycles. The second-order valence-corrected chi connectivity index (χ2v) is 7.55. The van der Waals surface area contributed by atoms with E-state index in [1.807, 2.05) is 0 Å². The Bertz CT molecular complexity index is 1180. The van der Waals surface area contributed by atoms with E-state index in [1.54, 1.807) is 0 Å². The zero-order valence-electron chi connectivity index (χ0n) is 14.9. The SMILES string of the molecule is O=C(C=Cc1ccc(O)c(O)c1)c1ccc(OS(=O)(=O)c2cccc(O)c2)cc1. The molecule has 0 unspecified atom stereocenters. The molecule has 0 saturated carbocycles. The van der Waals surface area contributed by atoms with Crippen molar-refractivity contribution in [1.29, 1.82) is 0 Å². The van der Waals surface area contributed by atoms with Crippen LogP contribution in [0.3, 0.4) is 0 Å². The van der Waals surface area contributed by atoms with Gasteiger partial charge in [-0.25, -0.2) is 0 Å². The summed E-state index contributed by atoms with van der Waals surface area (Å²) < 4.78 is 29.5. The highest BCUT2D eigenvalue weighted by Crippen LogP contribution is 2.26. The van der Waals surface area contributed by atoms with Gasteiger partial charge in [-0.1, -0.05) is 18.2 Å². The summed E-state index contributed by atoms with van der Waals surface area (Å²) in [5.74, 6) is -1.10. The summed E-state index contributed by atoms with van der Waals surface area (Å²) in [6.45, 7) is 0. The van der Waals surface area contributed by atoms with E-state index < -0.39 is 10.1 Å². The lowest BCUT2D eigenvalue weighted by molar-refractivity contribution is 0.104. The van der Waals surface area contributed by atoms with Gasteiger partial charge in [-0.2, -0.15) is 8.42 Å². The van der Waals surface area contributed by atoms with Crippen LogP contribution >= 0.6 is 0 Å². The fourth-order valence-corrected chi connectivity index (χ4v) is 3.37. The van der Waals surface area contributed by atoms with Crippen molar-refractivity contribution in [2.75, 3.05) is 0 Å². The molecule has 8 heteroatoms. The Kier molecular flexibility index (Phi) is 5.56. The van der Waals surface area contributed by atoms with Gasteiger partial charge in [0.15, 0.2) is 17.3 Å². The number of hydrogen-bond donors (Lipinski definition) is 3. The summed E-state index contributed by atoms with van der Waals surface area (Å²) >= 11 is 0. The molecule has 0 saturated heterocycles. The molecule has 7 nitrogen and oxygen atoms in total. The van der Waals surface area contributed by atoms with E-state index in [-0.39, 0.29) is 33.7 Å². The van der Waals surface area contributed by atoms with Crippen molar-refractivity contribution < 1.29 is 32.7 Å². The number of aromatic hydroxyl groups is 3. The van der Waals surface area contributed by atoms with Crippen LogP contribution in [0.5, 0.6) is 23.0 Å². The number of carbonyl (C=O) groups excluding carboxylic acids is 1. The van der Waals surface area contributed by atoms with E-state index in [4.69, 9.17) is 4.18 Å². The van der Waals surface area contributed by atoms with E-state index in [0.29, 0.717) is 11.1 Å². The standard InChI is InChI=1S/C21H16O7S/c22-16-2-1-3-18(13-16)29(26,27)28-17-8-6-15(7-9-17)19(23)10-4-14-5-11-20(24)21(25)12-14/h1-13,22,24-25H. The first-order valence-corrected chi connectivity index (χ1v) is 9.73. The lowest BCUT2D eigenvalue weighted by Gasteiger charge is -2.07. The summed E-state index contributed by atoms with van der Waals surface area (Å²) in [6, 6.07) is 14.7. The normalized spacial score (nSPS) is 11.4. The number of hydrogen-bond acceptors (Lipinski definition) is 7. The zero-order chi connectivity index (χ0) is 21.0. The van der Waals surface area contributed by atoms with Crippen LogP contribution in [-0.4, -0.2) is 29.5 Å². The average Bonchev–Trinajstić information content (AvgIpc) is 2.69. The van der Waals surface area contributed by atoms with E-state index >= 15 is 0 Å². The lowest BCUT2D eigenvalue weighted by atomic mass is 10.1. The minimum Gasteiger partial charge on any atom is -0.508 e. The third-order valence-corrected chi connectivity index (χ3v) is 5.12. The first-order valence-electron chi connectivity index (χ1n) is 8.32. The van der Waals surface area contributed by atoms with Gasteiger partial charge >= 0.3 is 10.1 Å². The molecule has 0 amide bonds. The number of ketones is 1. The molecule has 0 fully saturated rings. The molecule has 3 aromatic rings. The molecule has 3 aromatic carbocycles. The van der Waals surface area contributed by atoms with Gasteiger partial charge < -0.3 is 19.5 Å². The maximum Gasteiger partial charge on any atom is 0.339 e. The van der Waals surface area contributed by atoms with Gasteiger partial charge in [0.2, 0.25) is 0 Å². The van der Waals surface area contributed by atoms with Gasteiger partial charge in [0, 0.05) is 11.6 Å². The molecule has 0 spiro atoms. The van der Waals surface area contributed by atoms with Gasteiger partial charge in [0.1, 0.15) is 16.4 Å². The molecule has 0 bridgehead atoms. The molecular weight excluding hydrogens is 396 g/mol. The highest BCUT2D eigenvalue weighted by molar-refractivity contribution is 7.87. The molecular formula is C21H16O7S. The van der Waals surface area contributed by atoms with Gasteiger partial charge in [0.25, 0.3) is 0 Å². The molecule has 0 aromatic heterocycles. The molecule has 3 N–H and O–H groups in total. The predicted molar refractivity (Wildman–Crippen MR) is 105 cm³/mol. The van der Waals surface area contributed by atoms with Gasteiger partial charge in [-0.15, -0.1) is 0 Å². The highest BCUT2D eigenvalue weighted by atomic mass is 32.2. The summed E-state index contributed by atoms with van der Waals surface area (Å²) in [5.41, 5.74) is 0.817. The Morgan fingerprint density at radius 1 is 0.862 bits per heavy atom. The molecule has 29 heavy (non-hydrogen) atoms. The third kappa shape index (κ3) is 4.94. The quantitative estimate of drug-likeness (QED) is 0.245. The van der Waals surface area contributed by atoms with Crippen molar-refractivity contribution >= 4 is 22.0 Å². The van der Waals surface area contributed by atoms with Crippen molar-refractivity contribution in [2.45, 2.75) is 4.90 Å². The van der Waals surface area contributed by atoms with Crippen LogP contribution in [-0.2, 0) is 10.1 Å². The fourth-order valence-electron chi connectivity index (χ4n) is 2.40. The monoisotopic (exact) mass is 412 g/mol. The zero-order valence-corrected chi connectivity index (χ0v) is 15.7. The topological polar surface area (TPSA) is 121 Å². The van der Waals surface area contributed by atoms with Crippen LogP contribution in [0.2, 0.25) is 0 Å². The van der Waals surface area contributed by atoms with E-state index in [1.165, 1.54) is 72.8 Å². The molecule has 148 valence electrons. The Balaban J connectivity index is 1.71. The summed E-state index contributed by atoms with van der Waals surface area (Å²) in [6.07, 6.45) is 2.75. The molecule has 0 heterocycles. The van der Waals surface area contributed by atoms with Crippen molar-refractivity contribution in [3.8, 4) is 23.0 Å².